The molecule has 2 aromatic carbocycles. The van der Waals surface area contributed by atoms with E-state index in [1.807, 2.05) is 32.0 Å². The SMILES string of the molecule is CCC(C)C(N)C(=O)NCc1ccc2ccccc2c1. The average molecular weight is 270 g/mol. The van der Waals surface area contributed by atoms with Crippen molar-refractivity contribution in [2.24, 2.45) is 11.7 Å². The molecule has 0 aliphatic carbocycles. The van der Waals surface area contributed by atoms with Crippen molar-refractivity contribution in [1.29, 1.82) is 0 Å². The Balaban J connectivity index is 2.00. The fourth-order valence-electron chi connectivity index (χ4n) is 2.17. The molecule has 0 fully saturated rings. The van der Waals surface area contributed by atoms with E-state index in [4.69, 9.17) is 5.73 Å². The third kappa shape index (κ3) is 3.36. The number of nitrogens with two attached hydrogens (primary N) is 1. The van der Waals surface area contributed by atoms with E-state index in [-0.39, 0.29) is 11.8 Å². The largest absolute Gasteiger partial charge is 0.351 e. The summed E-state index contributed by atoms with van der Waals surface area (Å²) in [6.45, 7) is 4.56. The molecular weight excluding hydrogens is 248 g/mol. The monoisotopic (exact) mass is 270 g/mol. The maximum atomic E-state index is 11.9. The first-order valence-electron chi connectivity index (χ1n) is 7.12. The van der Waals surface area contributed by atoms with Gasteiger partial charge in [-0.25, -0.2) is 0 Å². The molecule has 0 spiro atoms. The van der Waals surface area contributed by atoms with Gasteiger partial charge >= 0.3 is 0 Å². The molecule has 0 saturated heterocycles. The molecule has 106 valence electrons. The smallest absolute Gasteiger partial charge is 0.237 e. The molecular formula is C17H22N2O. The van der Waals surface area contributed by atoms with Crippen LogP contribution in [0.5, 0.6) is 0 Å². The Labute approximate surface area is 120 Å². The van der Waals surface area contributed by atoms with Crippen molar-refractivity contribution < 1.29 is 4.79 Å². The van der Waals surface area contributed by atoms with Crippen molar-refractivity contribution in [3.8, 4) is 0 Å². The average Bonchev–Trinajstić information content (AvgIpc) is 2.50. The zero-order valence-electron chi connectivity index (χ0n) is 12.1. The number of carbonyl (C=O) groups is 1. The van der Waals surface area contributed by atoms with Gasteiger partial charge in [0.15, 0.2) is 0 Å². The van der Waals surface area contributed by atoms with Crippen molar-refractivity contribution in [2.45, 2.75) is 32.9 Å². The highest BCUT2D eigenvalue weighted by molar-refractivity contribution is 5.84. The van der Waals surface area contributed by atoms with Crippen molar-refractivity contribution in [2.75, 3.05) is 0 Å². The molecule has 3 nitrogen and oxygen atoms in total. The molecule has 0 aliphatic heterocycles. The van der Waals surface area contributed by atoms with E-state index in [9.17, 15) is 4.79 Å². The number of hydrogen-bond acceptors (Lipinski definition) is 2. The Morgan fingerprint density at radius 1 is 1.20 bits per heavy atom. The Hall–Kier alpha value is -1.87. The lowest BCUT2D eigenvalue weighted by atomic mass is 9.99. The summed E-state index contributed by atoms with van der Waals surface area (Å²) in [6, 6.07) is 14.0. The summed E-state index contributed by atoms with van der Waals surface area (Å²) in [5.41, 5.74) is 7.01. The van der Waals surface area contributed by atoms with Crippen LogP contribution in [0.1, 0.15) is 25.8 Å². The van der Waals surface area contributed by atoms with E-state index in [1.54, 1.807) is 0 Å². The van der Waals surface area contributed by atoms with E-state index >= 15 is 0 Å². The number of amides is 1. The van der Waals surface area contributed by atoms with Gasteiger partial charge in [0.2, 0.25) is 5.91 Å². The number of hydrogen-bond donors (Lipinski definition) is 2. The summed E-state index contributed by atoms with van der Waals surface area (Å²) in [5, 5.41) is 5.31. The summed E-state index contributed by atoms with van der Waals surface area (Å²) in [5.74, 6) is 0.124. The second-order valence-electron chi connectivity index (χ2n) is 5.31. The minimum atomic E-state index is -0.430. The lowest BCUT2D eigenvalue weighted by Crippen LogP contribution is -2.44. The van der Waals surface area contributed by atoms with E-state index in [0.29, 0.717) is 6.54 Å². The van der Waals surface area contributed by atoms with Crippen molar-refractivity contribution >= 4 is 16.7 Å². The van der Waals surface area contributed by atoms with Gasteiger partial charge in [0, 0.05) is 6.54 Å². The molecule has 20 heavy (non-hydrogen) atoms. The maximum absolute atomic E-state index is 11.9. The van der Waals surface area contributed by atoms with Crippen LogP contribution >= 0.6 is 0 Å². The second-order valence-corrected chi connectivity index (χ2v) is 5.31. The van der Waals surface area contributed by atoms with Crippen LogP contribution < -0.4 is 11.1 Å². The van der Waals surface area contributed by atoms with Crippen LogP contribution in [0.25, 0.3) is 10.8 Å². The summed E-state index contributed by atoms with van der Waals surface area (Å²) in [4.78, 5) is 11.9. The van der Waals surface area contributed by atoms with Gasteiger partial charge in [-0.2, -0.15) is 0 Å². The normalized spacial score (nSPS) is 13.9. The second kappa shape index (κ2) is 6.53. The Bertz CT molecular complexity index is 594. The van der Waals surface area contributed by atoms with Crippen LogP contribution in [0.2, 0.25) is 0 Å². The van der Waals surface area contributed by atoms with Crippen molar-refractivity contribution in [3.63, 3.8) is 0 Å². The van der Waals surface area contributed by atoms with Crippen LogP contribution in [0.3, 0.4) is 0 Å². The molecule has 0 saturated carbocycles. The topological polar surface area (TPSA) is 55.1 Å². The predicted octanol–water partition coefficient (Wildman–Crippen LogP) is 2.83. The van der Waals surface area contributed by atoms with Crippen LogP contribution in [0, 0.1) is 5.92 Å². The van der Waals surface area contributed by atoms with Gasteiger partial charge in [-0.1, -0.05) is 56.7 Å². The molecule has 1 amide bonds. The molecule has 0 radical (unpaired) electrons. The van der Waals surface area contributed by atoms with Crippen LogP contribution in [0.4, 0.5) is 0 Å². The predicted molar refractivity (Wildman–Crippen MR) is 83.2 cm³/mol. The number of nitrogens with one attached hydrogen (secondary N) is 1. The number of carbonyl (C=O) groups excluding carboxylic acids is 1. The first-order chi connectivity index (χ1) is 9.61. The third-order valence-corrected chi connectivity index (χ3v) is 3.84. The zero-order chi connectivity index (χ0) is 14.5. The minimum absolute atomic E-state index is 0.0764. The summed E-state index contributed by atoms with van der Waals surface area (Å²) >= 11 is 0. The van der Waals surface area contributed by atoms with Gasteiger partial charge in [-0.05, 0) is 28.3 Å². The fourth-order valence-corrected chi connectivity index (χ4v) is 2.17. The van der Waals surface area contributed by atoms with Gasteiger partial charge in [-0.3, -0.25) is 4.79 Å². The van der Waals surface area contributed by atoms with Gasteiger partial charge in [-0.15, -0.1) is 0 Å². The Kier molecular flexibility index (Phi) is 4.74. The standard InChI is InChI=1S/C17H22N2O/c1-3-12(2)16(18)17(20)19-11-13-8-9-14-6-4-5-7-15(14)10-13/h4-10,12,16H,3,11,18H2,1-2H3,(H,19,20). The van der Waals surface area contributed by atoms with Crippen molar-refractivity contribution in [3.05, 3.63) is 48.0 Å². The molecule has 2 atom stereocenters. The van der Waals surface area contributed by atoms with Gasteiger partial charge in [0.05, 0.1) is 6.04 Å². The Morgan fingerprint density at radius 2 is 1.90 bits per heavy atom. The number of fused-ring (bicyclic) bond motifs is 1. The number of rotatable bonds is 5. The van der Waals surface area contributed by atoms with E-state index in [0.717, 1.165) is 12.0 Å². The van der Waals surface area contributed by atoms with Crippen LogP contribution in [-0.2, 0) is 11.3 Å². The summed E-state index contributed by atoms with van der Waals surface area (Å²) in [7, 11) is 0. The molecule has 0 heterocycles. The molecule has 0 bridgehead atoms. The Morgan fingerprint density at radius 3 is 2.60 bits per heavy atom. The zero-order valence-corrected chi connectivity index (χ0v) is 12.1. The van der Waals surface area contributed by atoms with Gasteiger partial charge < -0.3 is 11.1 Å². The summed E-state index contributed by atoms with van der Waals surface area (Å²) in [6.07, 6.45) is 0.907. The molecule has 0 aliphatic rings. The van der Waals surface area contributed by atoms with Crippen LogP contribution in [-0.4, -0.2) is 11.9 Å². The summed E-state index contributed by atoms with van der Waals surface area (Å²) < 4.78 is 0. The quantitative estimate of drug-likeness (QED) is 0.877. The molecule has 2 rings (SSSR count). The van der Waals surface area contributed by atoms with Gasteiger partial charge in [0.25, 0.3) is 0 Å². The van der Waals surface area contributed by atoms with Gasteiger partial charge in [0.1, 0.15) is 0 Å². The fraction of sp³-hybridized carbons (Fsp3) is 0.353. The van der Waals surface area contributed by atoms with Crippen LogP contribution in [0.15, 0.2) is 42.5 Å². The maximum Gasteiger partial charge on any atom is 0.237 e. The molecule has 2 unspecified atom stereocenters. The minimum Gasteiger partial charge on any atom is -0.351 e. The van der Waals surface area contributed by atoms with E-state index in [2.05, 4.69) is 29.6 Å². The first-order valence-corrected chi connectivity index (χ1v) is 7.12. The van der Waals surface area contributed by atoms with Crippen molar-refractivity contribution in [1.82, 2.24) is 5.32 Å². The molecule has 2 aromatic rings. The highest BCUT2D eigenvalue weighted by Crippen LogP contribution is 2.15. The highest BCUT2D eigenvalue weighted by atomic mass is 16.2. The lowest BCUT2D eigenvalue weighted by molar-refractivity contribution is -0.123. The third-order valence-electron chi connectivity index (χ3n) is 3.84. The molecule has 3 heteroatoms. The highest BCUT2D eigenvalue weighted by Gasteiger charge is 2.18. The first kappa shape index (κ1) is 14.5. The number of benzene rings is 2. The molecule has 3 N–H and O–H groups in total. The van der Waals surface area contributed by atoms with E-state index in [1.165, 1.54) is 10.8 Å². The lowest BCUT2D eigenvalue weighted by Gasteiger charge is -2.17. The van der Waals surface area contributed by atoms with E-state index < -0.39 is 6.04 Å². The molecule has 0 aromatic heterocycles.